The molecular weight excluding hydrogens is 546 g/mol. The number of aryl methyl sites for hydroxylation is 1. The summed E-state index contributed by atoms with van der Waals surface area (Å²) in [6.07, 6.45) is 5.09. The van der Waals surface area contributed by atoms with Gasteiger partial charge in [-0.1, -0.05) is 36.4 Å². The van der Waals surface area contributed by atoms with E-state index in [1.807, 2.05) is 88.5 Å². The Balaban J connectivity index is 1.34. The number of hydrogen-bond acceptors (Lipinski definition) is 7. The zero-order valence-corrected chi connectivity index (χ0v) is 25.3. The Bertz CT molecular complexity index is 1530. The van der Waals surface area contributed by atoms with Gasteiger partial charge in [0.1, 0.15) is 5.60 Å². The van der Waals surface area contributed by atoms with Crippen LogP contribution in [0, 0.1) is 6.92 Å². The third kappa shape index (κ3) is 8.02. The lowest BCUT2D eigenvalue weighted by Crippen LogP contribution is -2.48. The molecule has 218 valence electrons. The molecule has 1 fully saturated rings. The number of carbonyl (C=O) groups is 2. The molecule has 0 unspecified atom stereocenters. The summed E-state index contributed by atoms with van der Waals surface area (Å²) >= 11 is 1.37. The van der Waals surface area contributed by atoms with Crippen LogP contribution in [0.2, 0.25) is 0 Å². The number of carbonyl (C=O) groups excluding carboxylic acids is 2. The summed E-state index contributed by atoms with van der Waals surface area (Å²) < 4.78 is 5.46. The molecule has 0 bridgehead atoms. The summed E-state index contributed by atoms with van der Waals surface area (Å²) in [4.78, 5) is 37.8. The van der Waals surface area contributed by atoms with Crippen LogP contribution in [0.3, 0.4) is 0 Å². The highest BCUT2D eigenvalue weighted by molar-refractivity contribution is 7.17. The molecule has 1 aliphatic rings. The van der Waals surface area contributed by atoms with E-state index in [2.05, 4.69) is 31.6 Å². The van der Waals surface area contributed by atoms with Gasteiger partial charge < -0.3 is 15.4 Å². The molecule has 0 saturated carbocycles. The maximum atomic E-state index is 13.3. The van der Waals surface area contributed by atoms with E-state index >= 15 is 0 Å². The number of hydrogen-bond donors (Lipinski definition) is 2. The summed E-state index contributed by atoms with van der Waals surface area (Å²) in [6, 6.07) is 20.1. The first kappa shape index (κ1) is 29.4. The Morgan fingerprint density at radius 2 is 1.81 bits per heavy atom. The first-order valence-electron chi connectivity index (χ1n) is 14.2. The van der Waals surface area contributed by atoms with Crippen LogP contribution in [0.4, 0.5) is 10.5 Å². The summed E-state index contributed by atoms with van der Waals surface area (Å²) in [5, 5.41) is 6.51. The van der Waals surface area contributed by atoms with Crippen molar-refractivity contribution in [1.82, 2.24) is 20.2 Å². The van der Waals surface area contributed by atoms with Crippen LogP contribution < -0.4 is 10.6 Å². The van der Waals surface area contributed by atoms with Crippen molar-refractivity contribution in [2.75, 3.05) is 18.4 Å². The number of pyridine rings is 1. The van der Waals surface area contributed by atoms with Crippen molar-refractivity contribution in [3.63, 3.8) is 0 Å². The van der Waals surface area contributed by atoms with Gasteiger partial charge in [0.15, 0.2) is 5.01 Å². The predicted molar refractivity (Wildman–Crippen MR) is 168 cm³/mol. The molecule has 8 nitrogen and oxygen atoms in total. The Morgan fingerprint density at radius 1 is 1.00 bits per heavy atom. The Kier molecular flexibility index (Phi) is 8.99. The molecule has 42 heavy (non-hydrogen) atoms. The molecule has 0 spiro atoms. The van der Waals surface area contributed by atoms with Crippen LogP contribution in [0.5, 0.6) is 0 Å². The third-order valence-corrected chi connectivity index (χ3v) is 7.93. The topological polar surface area (TPSA) is 96.5 Å². The molecule has 4 aromatic rings. The first-order chi connectivity index (χ1) is 20.1. The maximum absolute atomic E-state index is 13.3. The zero-order valence-electron chi connectivity index (χ0n) is 24.5. The number of likely N-dealkylation sites (tertiary alicyclic amines) is 1. The van der Waals surface area contributed by atoms with Gasteiger partial charge in [-0.3, -0.25) is 14.7 Å². The fourth-order valence-corrected chi connectivity index (χ4v) is 5.83. The molecule has 2 aromatic heterocycles. The SMILES string of the molecule is Cc1ccc(-c2cc(CN3CCC[C@H](NC(=O)OC(C)(C)C)C3)cc(NC(=O)c3ncc(-c4ccccc4)s3)c2)cn1. The van der Waals surface area contributed by atoms with E-state index in [0.717, 1.165) is 58.8 Å². The number of ether oxygens (including phenoxy) is 1. The number of rotatable bonds is 7. The van der Waals surface area contributed by atoms with Crippen LogP contribution in [-0.2, 0) is 11.3 Å². The zero-order chi connectivity index (χ0) is 29.7. The smallest absolute Gasteiger partial charge is 0.407 e. The third-order valence-electron chi connectivity index (χ3n) is 6.89. The van der Waals surface area contributed by atoms with Crippen LogP contribution >= 0.6 is 11.3 Å². The van der Waals surface area contributed by atoms with Crippen LogP contribution in [0.15, 0.2) is 73.1 Å². The summed E-state index contributed by atoms with van der Waals surface area (Å²) in [5.41, 5.74) is 5.15. The van der Waals surface area contributed by atoms with Gasteiger partial charge in [0.05, 0.1) is 4.88 Å². The van der Waals surface area contributed by atoms with Gasteiger partial charge in [0.25, 0.3) is 5.91 Å². The largest absolute Gasteiger partial charge is 0.444 e. The van der Waals surface area contributed by atoms with Crippen molar-refractivity contribution >= 4 is 29.0 Å². The molecule has 0 aliphatic carbocycles. The molecule has 2 amide bonds. The van der Waals surface area contributed by atoms with Gasteiger partial charge >= 0.3 is 6.09 Å². The van der Waals surface area contributed by atoms with Gasteiger partial charge in [-0.25, -0.2) is 9.78 Å². The Labute approximate surface area is 251 Å². The summed E-state index contributed by atoms with van der Waals surface area (Å²) in [5.74, 6) is -0.244. The van der Waals surface area contributed by atoms with E-state index in [4.69, 9.17) is 4.74 Å². The molecule has 1 aliphatic heterocycles. The van der Waals surface area contributed by atoms with E-state index in [1.54, 1.807) is 6.20 Å². The maximum Gasteiger partial charge on any atom is 0.407 e. The fourth-order valence-electron chi connectivity index (χ4n) is 5.01. The molecule has 0 radical (unpaired) electrons. The Hall–Kier alpha value is -4.08. The minimum absolute atomic E-state index is 0.0148. The second kappa shape index (κ2) is 12.8. The summed E-state index contributed by atoms with van der Waals surface area (Å²) in [6.45, 7) is 9.88. The van der Waals surface area contributed by atoms with E-state index in [9.17, 15) is 9.59 Å². The van der Waals surface area contributed by atoms with Crippen molar-refractivity contribution in [2.45, 2.75) is 58.7 Å². The molecule has 9 heteroatoms. The molecule has 2 aromatic carbocycles. The summed E-state index contributed by atoms with van der Waals surface area (Å²) in [7, 11) is 0. The van der Waals surface area contributed by atoms with E-state index in [1.165, 1.54) is 11.3 Å². The number of thiazole rings is 1. The minimum Gasteiger partial charge on any atom is -0.444 e. The highest BCUT2D eigenvalue weighted by atomic mass is 32.1. The number of nitrogens with one attached hydrogen (secondary N) is 2. The molecule has 5 rings (SSSR count). The van der Waals surface area contributed by atoms with Crippen LogP contribution in [-0.4, -0.2) is 51.6 Å². The highest BCUT2D eigenvalue weighted by Gasteiger charge is 2.24. The standard InChI is InChI=1S/C33H37N5O3S/c1-22-12-13-25(18-34-22)26-15-23(20-38-14-8-11-27(21-38)37-32(40)41-33(2,3)4)16-28(17-26)36-30(39)31-35-19-29(42-31)24-9-6-5-7-10-24/h5-7,9-10,12-13,15-19,27H,8,11,14,20-21H2,1-4H3,(H,36,39)(H,37,40)/t27-/m0/s1. The van der Waals surface area contributed by atoms with Crippen molar-refractivity contribution in [3.05, 3.63) is 89.3 Å². The average molecular weight is 584 g/mol. The number of benzene rings is 2. The number of alkyl carbamates (subject to hydrolysis) is 1. The van der Waals surface area contributed by atoms with Gasteiger partial charge in [0.2, 0.25) is 0 Å². The molecule has 1 atom stereocenters. The van der Waals surface area contributed by atoms with Crippen molar-refractivity contribution in [2.24, 2.45) is 0 Å². The quantitative estimate of drug-likeness (QED) is 0.245. The van der Waals surface area contributed by atoms with Crippen molar-refractivity contribution in [3.8, 4) is 21.6 Å². The lowest BCUT2D eigenvalue weighted by atomic mass is 10.0. The molecule has 3 heterocycles. The monoisotopic (exact) mass is 583 g/mol. The Morgan fingerprint density at radius 3 is 2.55 bits per heavy atom. The number of anilines is 1. The lowest BCUT2D eigenvalue weighted by molar-refractivity contribution is 0.0470. The van der Waals surface area contributed by atoms with Crippen molar-refractivity contribution in [1.29, 1.82) is 0 Å². The fraction of sp³-hybridized carbons (Fsp3) is 0.333. The van der Waals surface area contributed by atoms with Crippen molar-refractivity contribution < 1.29 is 14.3 Å². The number of piperidine rings is 1. The van der Waals surface area contributed by atoms with E-state index < -0.39 is 5.60 Å². The predicted octanol–water partition coefficient (Wildman–Crippen LogP) is 6.92. The normalized spacial score (nSPS) is 15.7. The lowest BCUT2D eigenvalue weighted by Gasteiger charge is -2.33. The van der Waals surface area contributed by atoms with Crippen LogP contribution in [0.25, 0.3) is 21.6 Å². The number of nitrogens with zero attached hydrogens (tertiary/aromatic N) is 3. The first-order valence-corrected chi connectivity index (χ1v) is 15.0. The van der Waals surface area contributed by atoms with Gasteiger partial charge in [-0.2, -0.15) is 0 Å². The molecular formula is C33H37N5O3S. The number of aromatic nitrogens is 2. The van der Waals surface area contributed by atoms with E-state index in [-0.39, 0.29) is 18.0 Å². The van der Waals surface area contributed by atoms with Gasteiger partial charge in [-0.05, 0) is 88.0 Å². The highest BCUT2D eigenvalue weighted by Crippen LogP contribution is 2.29. The molecule has 1 saturated heterocycles. The van der Waals surface area contributed by atoms with Gasteiger partial charge in [0, 0.05) is 48.5 Å². The van der Waals surface area contributed by atoms with Gasteiger partial charge in [-0.15, -0.1) is 11.3 Å². The average Bonchev–Trinajstić information content (AvgIpc) is 3.44. The second-order valence-electron chi connectivity index (χ2n) is 11.7. The molecule has 2 N–H and O–H groups in total. The van der Waals surface area contributed by atoms with E-state index in [0.29, 0.717) is 17.2 Å². The minimum atomic E-state index is -0.535. The number of amides is 2. The van der Waals surface area contributed by atoms with Crippen LogP contribution in [0.1, 0.15) is 54.7 Å². The second-order valence-corrected chi connectivity index (χ2v) is 12.7.